The molecule has 0 amide bonds. The van der Waals surface area contributed by atoms with Gasteiger partial charge in [-0.1, -0.05) is 13.8 Å². The van der Waals surface area contributed by atoms with Crippen molar-refractivity contribution < 1.29 is 0 Å². The lowest BCUT2D eigenvalue weighted by atomic mass is 10.1. The predicted octanol–water partition coefficient (Wildman–Crippen LogP) is 2.49. The molecule has 2 rings (SSSR count). The maximum Gasteiger partial charge on any atom is 0.145 e. The molecule has 1 aromatic heterocycles. The molecule has 1 heterocycles. The van der Waals surface area contributed by atoms with Crippen LogP contribution in [0.4, 0.5) is 11.6 Å². The lowest BCUT2D eigenvalue weighted by Crippen LogP contribution is -2.12. The fourth-order valence-corrected chi connectivity index (χ4v) is 1.88. The van der Waals surface area contributed by atoms with E-state index in [0.717, 1.165) is 30.5 Å². The zero-order valence-corrected chi connectivity index (χ0v) is 11.2. The van der Waals surface area contributed by atoms with E-state index in [9.17, 15) is 0 Å². The topological polar surface area (TPSA) is 75.9 Å². The van der Waals surface area contributed by atoms with Crippen LogP contribution in [0.5, 0.6) is 0 Å². The number of hydrogen-bond donors (Lipinski definition) is 3. The van der Waals surface area contributed by atoms with Gasteiger partial charge < -0.3 is 10.7 Å². The Morgan fingerprint density at radius 2 is 2.06 bits per heavy atom. The average molecular weight is 249 g/mol. The van der Waals surface area contributed by atoms with Crippen LogP contribution in [0.25, 0.3) is 0 Å². The fraction of sp³-hybridized carbons (Fsp3) is 0.692. The summed E-state index contributed by atoms with van der Waals surface area (Å²) in [6, 6.07) is 1.86. The van der Waals surface area contributed by atoms with Gasteiger partial charge in [0, 0.05) is 18.5 Å². The summed E-state index contributed by atoms with van der Waals surface area (Å²) < 4.78 is 0. The molecule has 4 N–H and O–H groups in total. The van der Waals surface area contributed by atoms with Crippen molar-refractivity contribution in [3.8, 4) is 0 Å². The Labute approximate surface area is 109 Å². The van der Waals surface area contributed by atoms with E-state index >= 15 is 0 Å². The molecule has 0 unspecified atom stereocenters. The summed E-state index contributed by atoms with van der Waals surface area (Å²) in [6.07, 6.45) is 4.78. The number of nitrogen functional groups attached to an aromatic ring is 1. The van der Waals surface area contributed by atoms with Crippen molar-refractivity contribution in [2.75, 3.05) is 17.3 Å². The Morgan fingerprint density at radius 1 is 1.33 bits per heavy atom. The van der Waals surface area contributed by atoms with Crippen LogP contribution in [0.3, 0.4) is 0 Å². The first-order chi connectivity index (χ1) is 8.69. The summed E-state index contributed by atoms with van der Waals surface area (Å²) in [5, 5.41) is 3.35. The Kier molecular flexibility index (Phi) is 4.36. The number of nitrogens with one attached hydrogen (secondary N) is 2. The Morgan fingerprint density at radius 3 is 2.67 bits per heavy atom. The van der Waals surface area contributed by atoms with Gasteiger partial charge in [-0.25, -0.2) is 15.8 Å². The molecule has 1 saturated carbocycles. The van der Waals surface area contributed by atoms with Crippen molar-refractivity contribution in [3.63, 3.8) is 0 Å². The van der Waals surface area contributed by atoms with Crippen LogP contribution in [0.2, 0.25) is 0 Å². The summed E-state index contributed by atoms with van der Waals surface area (Å²) in [5.74, 6) is 9.21. The summed E-state index contributed by atoms with van der Waals surface area (Å²) in [7, 11) is 0. The molecular weight excluding hydrogens is 226 g/mol. The van der Waals surface area contributed by atoms with E-state index in [1.54, 1.807) is 0 Å². The molecule has 0 spiro atoms. The third-order valence-corrected chi connectivity index (χ3v) is 3.10. The number of nitrogens with two attached hydrogens (primary N) is 1. The minimum Gasteiger partial charge on any atom is -0.370 e. The quantitative estimate of drug-likeness (QED) is 0.393. The maximum atomic E-state index is 5.43. The summed E-state index contributed by atoms with van der Waals surface area (Å²) >= 11 is 0. The zero-order valence-electron chi connectivity index (χ0n) is 11.2. The number of aromatic nitrogens is 2. The molecule has 1 aliphatic carbocycles. The molecule has 100 valence electrons. The van der Waals surface area contributed by atoms with E-state index in [1.165, 1.54) is 19.3 Å². The molecule has 0 atom stereocenters. The molecule has 18 heavy (non-hydrogen) atoms. The molecule has 1 aliphatic rings. The van der Waals surface area contributed by atoms with Crippen molar-refractivity contribution in [3.05, 3.63) is 11.9 Å². The van der Waals surface area contributed by atoms with Crippen LogP contribution >= 0.6 is 0 Å². The lowest BCUT2D eigenvalue weighted by Gasteiger charge is -2.10. The van der Waals surface area contributed by atoms with Gasteiger partial charge in [0.15, 0.2) is 0 Å². The minimum atomic E-state index is 0.537. The maximum absolute atomic E-state index is 5.43. The van der Waals surface area contributed by atoms with Gasteiger partial charge >= 0.3 is 0 Å². The molecule has 0 bridgehead atoms. The van der Waals surface area contributed by atoms with Gasteiger partial charge in [0.25, 0.3) is 0 Å². The largest absolute Gasteiger partial charge is 0.370 e. The first-order valence-corrected chi connectivity index (χ1v) is 6.78. The number of hydrogen-bond acceptors (Lipinski definition) is 5. The minimum absolute atomic E-state index is 0.537. The highest BCUT2D eigenvalue weighted by Gasteiger charge is 2.27. The Bertz CT molecular complexity index is 387. The van der Waals surface area contributed by atoms with Crippen LogP contribution in [-0.2, 0) is 0 Å². The number of nitrogens with zero attached hydrogens (tertiary/aromatic N) is 2. The van der Waals surface area contributed by atoms with Crippen molar-refractivity contribution >= 4 is 11.6 Å². The molecule has 0 saturated heterocycles. The average Bonchev–Trinajstić information content (AvgIpc) is 3.18. The van der Waals surface area contributed by atoms with Crippen molar-refractivity contribution in [1.29, 1.82) is 0 Å². The second-order valence-corrected chi connectivity index (χ2v) is 5.38. The second kappa shape index (κ2) is 6.00. The van der Waals surface area contributed by atoms with E-state index < -0.39 is 0 Å². The van der Waals surface area contributed by atoms with Crippen LogP contribution < -0.4 is 16.6 Å². The van der Waals surface area contributed by atoms with Gasteiger partial charge in [-0.15, -0.1) is 0 Å². The molecule has 0 radical (unpaired) electrons. The SMILES string of the molecule is CC(C)CCCNc1cc(NN)nc(C2CC2)n1. The van der Waals surface area contributed by atoms with Gasteiger partial charge in [-0.3, -0.25) is 0 Å². The first kappa shape index (κ1) is 13.1. The zero-order chi connectivity index (χ0) is 13.0. The van der Waals surface area contributed by atoms with Crippen molar-refractivity contribution in [1.82, 2.24) is 9.97 Å². The van der Waals surface area contributed by atoms with Gasteiger partial charge in [-0.2, -0.15) is 0 Å². The smallest absolute Gasteiger partial charge is 0.145 e. The highest BCUT2D eigenvalue weighted by atomic mass is 15.3. The molecule has 0 aromatic carbocycles. The van der Waals surface area contributed by atoms with E-state index in [0.29, 0.717) is 11.7 Å². The first-order valence-electron chi connectivity index (χ1n) is 6.78. The Hall–Kier alpha value is -1.36. The summed E-state index contributed by atoms with van der Waals surface area (Å²) in [6.45, 7) is 5.43. The second-order valence-electron chi connectivity index (χ2n) is 5.38. The van der Waals surface area contributed by atoms with E-state index in [2.05, 4.69) is 34.6 Å². The Balaban J connectivity index is 1.92. The third-order valence-electron chi connectivity index (χ3n) is 3.10. The predicted molar refractivity (Wildman–Crippen MR) is 74.4 cm³/mol. The van der Waals surface area contributed by atoms with Crippen molar-refractivity contribution in [2.45, 2.75) is 45.4 Å². The molecular formula is C13H23N5. The highest BCUT2D eigenvalue weighted by molar-refractivity contribution is 5.47. The molecule has 0 aliphatic heterocycles. The molecule has 1 aromatic rings. The molecule has 5 heteroatoms. The van der Waals surface area contributed by atoms with E-state index in [4.69, 9.17) is 5.84 Å². The fourth-order valence-electron chi connectivity index (χ4n) is 1.88. The van der Waals surface area contributed by atoms with Gasteiger partial charge in [0.2, 0.25) is 0 Å². The van der Waals surface area contributed by atoms with E-state index in [-0.39, 0.29) is 0 Å². The van der Waals surface area contributed by atoms with E-state index in [1.807, 2.05) is 6.07 Å². The van der Waals surface area contributed by atoms with Gasteiger partial charge in [0.05, 0.1) is 0 Å². The third kappa shape index (κ3) is 3.84. The molecule has 5 nitrogen and oxygen atoms in total. The lowest BCUT2D eigenvalue weighted by molar-refractivity contribution is 0.566. The van der Waals surface area contributed by atoms with Crippen LogP contribution in [0, 0.1) is 5.92 Å². The standard InChI is InChI=1S/C13H23N5/c1-9(2)4-3-7-15-11-8-12(18-14)17-13(16-11)10-5-6-10/h8-10H,3-7,14H2,1-2H3,(H2,15,16,17,18). The number of hydrazine groups is 1. The highest BCUT2D eigenvalue weighted by Crippen LogP contribution is 2.38. The normalized spacial score (nSPS) is 14.9. The van der Waals surface area contributed by atoms with Crippen molar-refractivity contribution in [2.24, 2.45) is 11.8 Å². The monoisotopic (exact) mass is 249 g/mol. The van der Waals surface area contributed by atoms with Crippen LogP contribution in [-0.4, -0.2) is 16.5 Å². The van der Waals surface area contributed by atoms with Crippen LogP contribution in [0.1, 0.15) is 51.3 Å². The number of anilines is 2. The van der Waals surface area contributed by atoms with Gasteiger partial charge in [0.1, 0.15) is 17.5 Å². The number of rotatable bonds is 7. The van der Waals surface area contributed by atoms with Gasteiger partial charge in [-0.05, 0) is 31.6 Å². The molecule has 1 fully saturated rings. The summed E-state index contributed by atoms with van der Waals surface area (Å²) in [5.41, 5.74) is 2.61. The summed E-state index contributed by atoms with van der Waals surface area (Å²) in [4.78, 5) is 8.93. The van der Waals surface area contributed by atoms with Crippen LogP contribution in [0.15, 0.2) is 6.07 Å².